The molecular weight excluding hydrogens is 226 g/mol. The molecule has 0 aromatic carbocycles. The molecule has 0 saturated heterocycles. The van der Waals surface area contributed by atoms with E-state index in [9.17, 15) is 4.79 Å². The molecule has 0 aliphatic heterocycles. The van der Waals surface area contributed by atoms with Gasteiger partial charge in [-0.3, -0.25) is 4.79 Å². The zero-order chi connectivity index (χ0) is 13.7. The summed E-state index contributed by atoms with van der Waals surface area (Å²) in [5, 5.41) is 3.04. The second kappa shape index (κ2) is 6.38. The van der Waals surface area contributed by atoms with E-state index in [4.69, 9.17) is 5.73 Å². The van der Waals surface area contributed by atoms with Crippen LogP contribution in [0.2, 0.25) is 0 Å². The van der Waals surface area contributed by atoms with Gasteiger partial charge in [-0.15, -0.1) is 0 Å². The zero-order valence-corrected chi connectivity index (χ0v) is 11.7. The van der Waals surface area contributed by atoms with Crippen LogP contribution in [0.25, 0.3) is 0 Å². The maximum absolute atomic E-state index is 12.1. The average Bonchev–Trinajstić information content (AvgIpc) is 2.34. The van der Waals surface area contributed by atoms with E-state index in [1.165, 1.54) is 0 Å². The zero-order valence-electron chi connectivity index (χ0n) is 11.7. The van der Waals surface area contributed by atoms with Gasteiger partial charge < -0.3 is 11.1 Å². The van der Waals surface area contributed by atoms with Crippen molar-refractivity contribution in [2.45, 2.75) is 46.6 Å². The van der Waals surface area contributed by atoms with E-state index in [1.807, 2.05) is 6.92 Å². The summed E-state index contributed by atoms with van der Waals surface area (Å²) >= 11 is 0. The van der Waals surface area contributed by atoms with Crippen LogP contribution >= 0.6 is 0 Å². The molecular formula is C14H23N3O. The lowest BCUT2D eigenvalue weighted by Crippen LogP contribution is -2.38. The molecule has 0 radical (unpaired) electrons. The highest BCUT2D eigenvalue weighted by Crippen LogP contribution is 2.11. The van der Waals surface area contributed by atoms with Crippen LogP contribution < -0.4 is 11.1 Å². The molecule has 1 heterocycles. The Hall–Kier alpha value is -1.58. The number of hydrogen-bond donors (Lipinski definition) is 2. The average molecular weight is 249 g/mol. The molecule has 0 bridgehead atoms. The molecule has 0 saturated carbocycles. The minimum atomic E-state index is -0.0700. The Morgan fingerprint density at radius 3 is 2.56 bits per heavy atom. The third kappa shape index (κ3) is 3.72. The number of carbonyl (C=O) groups is 1. The number of anilines is 1. The predicted octanol–water partition coefficient (Wildman–Crippen LogP) is 2.39. The lowest BCUT2D eigenvalue weighted by molar-refractivity contribution is 0.0924. The van der Waals surface area contributed by atoms with Gasteiger partial charge in [0.05, 0.1) is 0 Å². The number of carbonyl (C=O) groups excluding carboxylic acids is 1. The first-order valence-electron chi connectivity index (χ1n) is 6.55. The van der Waals surface area contributed by atoms with Crippen molar-refractivity contribution in [1.82, 2.24) is 10.3 Å². The third-order valence-corrected chi connectivity index (χ3v) is 3.08. The van der Waals surface area contributed by atoms with Crippen LogP contribution in [0.4, 0.5) is 5.82 Å². The van der Waals surface area contributed by atoms with Gasteiger partial charge in [-0.25, -0.2) is 4.98 Å². The highest BCUT2D eigenvalue weighted by molar-refractivity contribution is 5.95. The lowest BCUT2D eigenvalue weighted by Gasteiger charge is -2.20. The van der Waals surface area contributed by atoms with Crippen LogP contribution in [0.5, 0.6) is 0 Å². The summed E-state index contributed by atoms with van der Waals surface area (Å²) in [5.41, 5.74) is 7.15. The molecule has 1 aromatic heterocycles. The van der Waals surface area contributed by atoms with Gasteiger partial charge in [0.25, 0.3) is 5.91 Å². The molecule has 1 rings (SSSR count). The number of rotatable bonds is 5. The summed E-state index contributed by atoms with van der Waals surface area (Å²) in [4.78, 5) is 16.3. The molecule has 4 nitrogen and oxygen atoms in total. The fourth-order valence-corrected chi connectivity index (χ4v) is 1.91. The monoisotopic (exact) mass is 249 g/mol. The van der Waals surface area contributed by atoms with Crippen LogP contribution in [0.3, 0.4) is 0 Å². The first-order chi connectivity index (χ1) is 8.47. The van der Waals surface area contributed by atoms with Gasteiger partial charge in [-0.1, -0.05) is 27.7 Å². The normalized spacial score (nSPS) is 12.5. The molecule has 4 heteroatoms. The van der Waals surface area contributed by atoms with E-state index in [2.05, 4.69) is 31.1 Å². The van der Waals surface area contributed by atoms with Crippen LogP contribution in [0.15, 0.2) is 12.1 Å². The molecule has 1 amide bonds. The molecule has 100 valence electrons. The fraction of sp³-hybridized carbons (Fsp3) is 0.571. The van der Waals surface area contributed by atoms with Crippen molar-refractivity contribution in [2.24, 2.45) is 5.92 Å². The number of nitrogen functional groups attached to an aromatic ring is 1. The topological polar surface area (TPSA) is 68.0 Å². The van der Waals surface area contributed by atoms with Crippen molar-refractivity contribution in [3.63, 3.8) is 0 Å². The number of pyridine rings is 1. The number of nitrogens with one attached hydrogen (secondary N) is 1. The van der Waals surface area contributed by atoms with Gasteiger partial charge >= 0.3 is 0 Å². The smallest absolute Gasteiger partial charge is 0.251 e. The minimum Gasteiger partial charge on any atom is -0.384 e. The minimum absolute atomic E-state index is 0.0700. The van der Waals surface area contributed by atoms with Crippen molar-refractivity contribution in [3.8, 4) is 0 Å². The first-order valence-corrected chi connectivity index (χ1v) is 6.55. The second-order valence-electron chi connectivity index (χ2n) is 4.86. The van der Waals surface area contributed by atoms with E-state index in [0.29, 0.717) is 17.3 Å². The summed E-state index contributed by atoms with van der Waals surface area (Å²) in [6.07, 6.45) is 1.69. The van der Waals surface area contributed by atoms with E-state index in [-0.39, 0.29) is 11.9 Å². The van der Waals surface area contributed by atoms with Crippen molar-refractivity contribution >= 4 is 11.7 Å². The summed E-state index contributed by atoms with van der Waals surface area (Å²) in [6, 6.07) is 3.62. The molecule has 0 spiro atoms. The van der Waals surface area contributed by atoms with Gasteiger partial charge in [-0.2, -0.15) is 0 Å². The Morgan fingerprint density at radius 2 is 2.06 bits per heavy atom. The number of amides is 1. The van der Waals surface area contributed by atoms with Crippen LogP contribution in [-0.4, -0.2) is 16.9 Å². The summed E-state index contributed by atoms with van der Waals surface area (Å²) in [7, 11) is 0. The molecule has 1 aromatic rings. The number of aryl methyl sites for hydroxylation is 1. The number of nitrogens with two attached hydrogens (primary N) is 1. The highest BCUT2D eigenvalue weighted by Gasteiger charge is 2.16. The number of hydrogen-bond acceptors (Lipinski definition) is 3. The Balaban J connectivity index is 2.86. The van der Waals surface area contributed by atoms with E-state index >= 15 is 0 Å². The quantitative estimate of drug-likeness (QED) is 0.842. The Morgan fingerprint density at radius 1 is 1.39 bits per heavy atom. The van der Waals surface area contributed by atoms with Crippen molar-refractivity contribution in [1.29, 1.82) is 0 Å². The maximum atomic E-state index is 12.1. The van der Waals surface area contributed by atoms with Gasteiger partial charge in [0, 0.05) is 17.3 Å². The third-order valence-electron chi connectivity index (χ3n) is 3.08. The van der Waals surface area contributed by atoms with Crippen molar-refractivity contribution in [2.75, 3.05) is 5.73 Å². The Labute approximate surface area is 109 Å². The van der Waals surface area contributed by atoms with Gasteiger partial charge in [0.1, 0.15) is 5.82 Å². The molecule has 0 fully saturated rings. The van der Waals surface area contributed by atoms with Gasteiger partial charge in [0.15, 0.2) is 0 Å². The molecule has 3 N–H and O–H groups in total. The predicted molar refractivity (Wildman–Crippen MR) is 74.4 cm³/mol. The first kappa shape index (κ1) is 14.5. The number of nitrogens with zero attached hydrogens (tertiary/aromatic N) is 1. The molecule has 0 aliphatic rings. The molecule has 1 unspecified atom stereocenters. The molecule has 1 atom stereocenters. The second-order valence-corrected chi connectivity index (χ2v) is 4.86. The standard InChI is InChI=1S/C14H23N3O/c1-5-11-7-10(8-13(15)16-11)14(18)17-12(6-2)9(3)4/h7-9,12H,5-6H2,1-4H3,(H2,15,16)(H,17,18). The van der Waals surface area contributed by atoms with E-state index < -0.39 is 0 Å². The van der Waals surface area contributed by atoms with Crippen LogP contribution in [0.1, 0.15) is 50.2 Å². The highest BCUT2D eigenvalue weighted by atomic mass is 16.1. The summed E-state index contributed by atoms with van der Waals surface area (Å²) < 4.78 is 0. The Bertz CT molecular complexity index is 416. The van der Waals surface area contributed by atoms with E-state index in [0.717, 1.165) is 18.5 Å². The number of aromatic nitrogens is 1. The van der Waals surface area contributed by atoms with Crippen LogP contribution in [-0.2, 0) is 6.42 Å². The van der Waals surface area contributed by atoms with Gasteiger partial charge in [-0.05, 0) is 30.9 Å². The van der Waals surface area contributed by atoms with Crippen molar-refractivity contribution < 1.29 is 4.79 Å². The van der Waals surface area contributed by atoms with Crippen LogP contribution in [0, 0.1) is 5.92 Å². The molecule has 18 heavy (non-hydrogen) atoms. The fourth-order valence-electron chi connectivity index (χ4n) is 1.91. The maximum Gasteiger partial charge on any atom is 0.251 e. The largest absolute Gasteiger partial charge is 0.384 e. The Kier molecular flexibility index (Phi) is 5.13. The SMILES string of the molecule is CCc1cc(C(=O)NC(CC)C(C)C)cc(N)n1. The van der Waals surface area contributed by atoms with E-state index in [1.54, 1.807) is 12.1 Å². The van der Waals surface area contributed by atoms with Crippen molar-refractivity contribution in [3.05, 3.63) is 23.4 Å². The molecule has 0 aliphatic carbocycles. The summed E-state index contributed by atoms with van der Waals surface area (Å²) in [6.45, 7) is 8.27. The van der Waals surface area contributed by atoms with Gasteiger partial charge in [0.2, 0.25) is 0 Å². The lowest BCUT2D eigenvalue weighted by atomic mass is 10.0. The summed E-state index contributed by atoms with van der Waals surface area (Å²) in [5.74, 6) is 0.750.